The van der Waals surface area contributed by atoms with Gasteiger partial charge in [0.1, 0.15) is 0 Å². The van der Waals surface area contributed by atoms with Gasteiger partial charge in [-0.3, -0.25) is 4.90 Å². The van der Waals surface area contributed by atoms with Gasteiger partial charge in [0.2, 0.25) is 0 Å². The maximum atomic E-state index is 12.1. The monoisotopic (exact) mass is 396 g/mol. The minimum absolute atomic E-state index is 0.279. The van der Waals surface area contributed by atoms with E-state index in [-0.39, 0.29) is 6.04 Å². The summed E-state index contributed by atoms with van der Waals surface area (Å²) >= 11 is 0. The van der Waals surface area contributed by atoms with Crippen LogP contribution in [-0.2, 0) is 29.2 Å². The van der Waals surface area contributed by atoms with Crippen molar-refractivity contribution in [2.75, 3.05) is 19.8 Å². The van der Waals surface area contributed by atoms with Crippen molar-refractivity contribution >= 4 is 20.7 Å². The van der Waals surface area contributed by atoms with Crippen LogP contribution in [0.5, 0.6) is 0 Å². The van der Waals surface area contributed by atoms with Gasteiger partial charge in [-0.25, -0.2) is 8.42 Å². The van der Waals surface area contributed by atoms with Crippen LogP contribution in [0.4, 0.5) is 0 Å². The van der Waals surface area contributed by atoms with Crippen LogP contribution in [0.1, 0.15) is 35.3 Å². The standard InChI is InChI=1S/C23H28N2O2S/c1-16-5-7-18(8-6-16)11-14-25-21-10-9-19(28(4,26)27)15-20(21)23-17(2)24(3)13-12-22(23)25/h5-10,15,17H,11-14H2,1-4H3. The largest absolute Gasteiger partial charge is 0.344 e. The van der Waals surface area contributed by atoms with Crippen LogP contribution in [0.25, 0.3) is 10.9 Å². The highest BCUT2D eigenvalue weighted by Crippen LogP contribution is 2.38. The molecular weight excluding hydrogens is 368 g/mol. The van der Waals surface area contributed by atoms with Crippen LogP contribution < -0.4 is 0 Å². The highest BCUT2D eigenvalue weighted by atomic mass is 32.2. The quantitative estimate of drug-likeness (QED) is 0.665. The Hall–Kier alpha value is -2.11. The number of fused-ring (bicyclic) bond motifs is 3. The number of benzene rings is 2. The third-order valence-electron chi connectivity index (χ3n) is 6.14. The molecule has 4 rings (SSSR count). The molecule has 0 saturated carbocycles. The molecule has 0 fully saturated rings. The van der Waals surface area contributed by atoms with Gasteiger partial charge < -0.3 is 4.57 Å². The number of aryl methyl sites for hydroxylation is 3. The van der Waals surface area contributed by atoms with Crippen LogP contribution in [0.15, 0.2) is 47.4 Å². The predicted molar refractivity (Wildman–Crippen MR) is 115 cm³/mol. The fraction of sp³-hybridized carbons (Fsp3) is 0.391. The Balaban J connectivity index is 1.82. The Kier molecular flexibility index (Phi) is 4.84. The number of likely N-dealkylation sites (N-methyl/N-ethyl adjacent to an activating group) is 1. The van der Waals surface area contributed by atoms with Crippen molar-refractivity contribution < 1.29 is 8.42 Å². The number of rotatable bonds is 4. The average Bonchev–Trinajstić information content (AvgIpc) is 2.97. The van der Waals surface area contributed by atoms with Gasteiger partial charge in [0.15, 0.2) is 9.84 Å². The summed E-state index contributed by atoms with van der Waals surface area (Å²) in [6, 6.07) is 14.6. The van der Waals surface area contributed by atoms with Gasteiger partial charge >= 0.3 is 0 Å². The molecule has 2 heterocycles. The molecule has 0 spiro atoms. The van der Waals surface area contributed by atoms with E-state index < -0.39 is 9.84 Å². The average molecular weight is 397 g/mol. The molecule has 0 aliphatic carbocycles. The summed E-state index contributed by atoms with van der Waals surface area (Å²) in [7, 11) is -1.08. The first-order valence-corrected chi connectivity index (χ1v) is 11.8. The second-order valence-electron chi connectivity index (χ2n) is 8.11. The fourth-order valence-corrected chi connectivity index (χ4v) is 4.97. The van der Waals surface area contributed by atoms with Gasteiger partial charge in [-0.05, 0) is 56.6 Å². The summed E-state index contributed by atoms with van der Waals surface area (Å²) in [4.78, 5) is 2.75. The highest BCUT2D eigenvalue weighted by molar-refractivity contribution is 7.90. The number of nitrogens with zero attached hydrogens (tertiary/aromatic N) is 2. The van der Waals surface area contributed by atoms with E-state index in [4.69, 9.17) is 0 Å². The smallest absolute Gasteiger partial charge is 0.175 e. The first-order valence-electron chi connectivity index (χ1n) is 9.86. The molecule has 0 bridgehead atoms. The lowest BCUT2D eigenvalue weighted by Gasteiger charge is -2.31. The summed E-state index contributed by atoms with van der Waals surface area (Å²) < 4.78 is 26.7. The van der Waals surface area contributed by atoms with Crippen molar-refractivity contribution in [3.05, 3.63) is 64.8 Å². The molecular formula is C23H28N2O2S. The van der Waals surface area contributed by atoms with E-state index in [2.05, 4.69) is 54.6 Å². The van der Waals surface area contributed by atoms with Crippen LogP contribution >= 0.6 is 0 Å². The molecule has 4 nitrogen and oxygen atoms in total. The van der Waals surface area contributed by atoms with Crippen molar-refractivity contribution in [3.63, 3.8) is 0 Å². The molecule has 1 aliphatic rings. The summed E-state index contributed by atoms with van der Waals surface area (Å²) in [6.45, 7) is 6.25. The second-order valence-corrected chi connectivity index (χ2v) is 10.1. The Morgan fingerprint density at radius 1 is 1.11 bits per heavy atom. The Morgan fingerprint density at radius 2 is 1.82 bits per heavy atom. The van der Waals surface area contributed by atoms with E-state index in [1.165, 1.54) is 28.6 Å². The Morgan fingerprint density at radius 3 is 2.50 bits per heavy atom. The molecule has 5 heteroatoms. The van der Waals surface area contributed by atoms with E-state index in [1.807, 2.05) is 12.1 Å². The molecule has 0 N–H and O–H groups in total. The summed E-state index contributed by atoms with van der Waals surface area (Å²) in [5.41, 5.74) is 6.40. The topological polar surface area (TPSA) is 42.3 Å². The van der Waals surface area contributed by atoms with Crippen LogP contribution in [0.3, 0.4) is 0 Å². The lowest BCUT2D eigenvalue weighted by Crippen LogP contribution is -2.31. The Bertz CT molecular complexity index is 1130. The summed E-state index contributed by atoms with van der Waals surface area (Å²) in [5, 5.41) is 1.08. The molecule has 28 heavy (non-hydrogen) atoms. The molecule has 1 atom stereocenters. The van der Waals surface area contributed by atoms with E-state index in [9.17, 15) is 8.42 Å². The SMILES string of the molecule is Cc1ccc(CCn2c3c(c4cc(S(C)(=O)=O)ccc42)C(C)N(C)CC3)cc1. The first kappa shape index (κ1) is 19.2. The zero-order valence-corrected chi connectivity index (χ0v) is 17.9. The van der Waals surface area contributed by atoms with Crippen LogP contribution in [0, 0.1) is 6.92 Å². The highest BCUT2D eigenvalue weighted by Gasteiger charge is 2.28. The van der Waals surface area contributed by atoms with Crippen molar-refractivity contribution in [1.29, 1.82) is 0 Å². The first-order chi connectivity index (χ1) is 13.3. The Labute approximate surface area is 167 Å². The van der Waals surface area contributed by atoms with Gasteiger partial charge in [-0.15, -0.1) is 0 Å². The maximum absolute atomic E-state index is 12.1. The zero-order valence-electron chi connectivity index (χ0n) is 17.1. The molecule has 1 aromatic heterocycles. The fourth-order valence-electron chi connectivity index (χ4n) is 4.33. The van der Waals surface area contributed by atoms with E-state index >= 15 is 0 Å². The summed E-state index contributed by atoms with van der Waals surface area (Å²) in [5.74, 6) is 0. The molecule has 2 aromatic carbocycles. The zero-order chi connectivity index (χ0) is 20.1. The van der Waals surface area contributed by atoms with Crippen LogP contribution in [-0.4, -0.2) is 37.7 Å². The van der Waals surface area contributed by atoms with Gasteiger partial charge in [0.05, 0.1) is 4.90 Å². The van der Waals surface area contributed by atoms with Gasteiger partial charge in [0.25, 0.3) is 0 Å². The number of hydrogen-bond donors (Lipinski definition) is 0. The van der Waals surface area contributed by atoms with Gasteiger partial charge in [0, 0.05) is 48.4 Å². The lowest BCUT2D eigenvalue weighted by atomic mass is 9.97. The van der Waals surface area contributed by atoms with Crippen molar-refractivity contribution in [3.8, 4) is 0 Å². The van der Waals surface area contributed by atoms with Crippen molar-refractivity contribution in [2.24, 2.45) is 0 Å². The predicted octanol–water partition coefficient (Wildman–Crippen LogP) is 4.14. The van der Waals surface area contributed by atoms with Gasteiger partial charge in [-0.1, -0.05) is 29.8 Å². The van der Waals surface area contributed by atoms with Crippen molar-refractivity contribution in [1.82, 2.24) is 9.47 Å². The number of aromatic nitrogens is 1. The number of hydrogen-bond acceptors (Lipinski definition) is 3. The molecule has 0 radical (unpaired) electrons. The molecule has 3 aromatic rings. The van der Waals surface area contributed by atoms with E-state index in [1.54, 1.807) is 6.07 Å². The number of sulfone groups is 1. The van der Waals surface area contributed by atoms with Crippen molar-refractivity contribution in [2.45, 2.75) is 44.2 Å². The van der Waals surface area contributed by atoms with E-state index in [0.717, 1.165) is 36.8 Å². The minimum atomic E-state index is -3.22. The minimum Gasteiger partial charge on any atom is -0.344 e. The molecule has 0 saturated heterocycles. The van der Waals surface area contributed by atoms with Crippen LogP contribution in [0.2, 0.25) is 0 Å². The second kappa shape index (κ2) is 7.05. The van der Waals surface area contributed by atoms with E-state index in [0.29, 0.717) is 4.90 Å². The third kappa shape index (κ3) is 3.38. The molecule has 1 aliphatic heterocycles. The molecule has 0 amide bonds. The lowest BCUT2D eigenvalue weighted by molar-refractivity contribution is 0.245. The third-order valence-corrected chi connectivity index (χ3v) is 7.25. The van der Waals surface area contributed by atoms with Gasteiger partial charge in [-0.2, -0.15) is 0 Å². The maximum Gasteiger partial charge on any atom is 0.175 e. The normalized spacial score (nSPS) is 17.8. The summed E-state index contributed by atoms with van der Waals surface area (Å²) in [6.07, 6.45) is 3.24. The molecule has 148 valence electrons. The molecule has 1 unspecified atom stereocenters.